The molecule has 1 aliphatic rings. The smallest absolute Gasteiger partial charge is 0.396 e. The van der Waals surface area contributed by atoms with Crippen LogP contribution in [0.3, 0.4) is 0 Å². The zero-order valence-corrected chi connectivity index (χ0v) is 15.5. The van der Waals surface area contributed by atoms with E-state index >= 15 is 0 Å². The monoisotopic (exact) mass is 408 g/mol. The number of piperidine rings is 1. The Labute approximate surface area is 156 Å². The van der Waals surface area contributed by atoms with E-state index in [2.05, 4.69) is 4.72 Å². The normalized spacial score (nSPS) is 16.5. The van der Waals surface area contributed by atoms with Gasteiger partial charge in [0.2, 0.25) is 10.0 Å². The van der Waals surface area contributed by atoms with E-state index < -0.39 is 22.1 Å². The van der Waals surface area contributed by atoms with Crippen LogP contribution in [0.2, 0.25) is 0 Å². The molecule has 0 aliphatic carbocycles. The Balaban J connectivity index is 1.88. The van der Waals surface area contributed by atoms with Gasteiger partial charge in [-0.15, -0.1) is 0 Å². The van der Waals surface area contributed by atoms with Crippen LogP contribution in [0.4, 0.5) is 13.2 Å². The molecule has 1 aliphatic heterocycles. The predicted molar refractivity (Wildman–Crippen MR) is 92.4 cm³/mol. The molecule has 1 aromatic rings. The maximum Gasteiger partial charge on any atom is 0.471 e. The molecular formula is C17H23F3N2O4S. The van der Waals surface area contributed by atoms with Gasteiger partial charge in [0.25, 0.3) is 0 Å². The number of benzene rings is 1. The van der Waals surface area contributed by atoms with E-state index in [0.29, 0.717) is 25.7 Å². The number of alkyl halides is 3. The van der Waals surface area contributed by atoms with Gasteiger partial charge in [0.1, 0.15) is 0 Å². The van der Waals surface area contributed by atoms with Crippen molar-refractivity contribution in [3.8, 4) is 0 Å². The summed E-state index contributed by atoms with van der Waals surface area (Å²) < 4.78 is 63.9. The largest absolute Gasteiger partial charge is 0.471 e. The number of sulfonamides is 1. The lowest BCUT2D eigenvalue weighted by Crippen LogP contribution is -2.45. The summed E-state index contributed by atoms with van der Waals surface area (Å²) in [5.74, 6) is -1.64. The molecule has 0 bridgehead atoms. The number of nitrogens with zero attached hydrogens (tertiary/aromatic N) is 1. The fourth-order valence-corrected chi connectivity index (χ4v) is 4.10. The summed E-state index contributed by atoms with van der Waals surface area (Å²) in [5, 5.41) is 8.70. The second kappa shape index (κ2) is 9.03. The molecule has 1 amide bonds. The van der Waals surface area contributed by atoms with Gasteiger partial charge in [-0.05, 0) is 49.3 Å². The van der Waals surface area contributed by atoms with Gasteiger partial charge < -0.3 is 10.0 Å². The van der Waals surface area contributed by atoms with Crippen LogP contribution in [0.25, 0.3) is 0 Å². The van der Waals surface area contributed by atoms with Gasteiger partial charge in [-0.25, -0.2) is 13.1 Å². The average molecular weight is 408 g/mol. The molecule has 2 N–H and O–H groups in total. The lowest BCUT2D eigenvalue weighted by atomic mass is 9.90. The van der Waals surface area contributed by atoms with E-state index in [4.69, 9.17) is 5.11 Å². The van der Waals surface area contributed by atoms with Crippen molar-refractivity contribution in [1.29, 1.82) is 0 Å². The molecule has 0 atom stereocenters. The van der Waals surface area contributed by atoms with Gasteiger partial charge in [-0.3, -0.25) is 4.79 Å². The number of likely N-dealkylation sites (tertiary alicyclic amines) is 1. The number of hydrogen-bond acceptors (Lipinski definition) is 4. The van der Waals surface area contributed by atoms with Gasteiger partial charge >= 0.3 is 12.1 Å². The molecule has 152 valence electrons. The summed E-state index contributed by atoms with van der Waals surface area (Å²) >= 11 is 0. The Morgan fingerprint density at radius 1 is 1.19 bits per heavy atom. The van der Waals surface area contributed by atoms with Crippen LogP contribution in [0.15, 0.2) is 29.2 Å². The molecule has 10 heteroatoms. The topological polar surface area (TPSA) is 86.7 Å². The van der Waals surface area contributed by atoms with E-state index in [0.717, 1.165) is 10.5 Å². The third-order valence-electron chi connectivity index (χ3n) is 4.53. The van der Waals surface area contributed by atoms with Gasteiger partial charge in [-0.2, -0.15) is 13.2 Å². The molecule has 27 heavy (non-hydrogen) atoms. The number of carbonyl (C=O) groups excluding carboxylic acids is 1. The molecule has 0 spiro atoms. The molecule has 1 heterocycles. The van der Waals surface area contributed by atoms with Crippen LogP contribution in [0, 0.1) is 5.92 Å². The van der Waals surface area contributed by atoms with Crippen LogP contribution < -0.4 is 4.72 Å². The molecule has 6 nitrogen and oxygen atoms in total. The number of hydrogen-bond donors (Lipinski definition) is 2. The molecule has 0 aromatic heterocycles. The number of aliphatic hydroxyl groups is 1. The first-order valence-electron chi connectivity index (χ1n) is 8.69. The minimum absolute atomic E-state index is 0.0737. The third kappa shape index (κ3) is 6.18. The number of carbonyl (C=O) groups is 1. The Morgan fingerprint density at radius 2 is 1.78 bits per heavy atom. The Bertz CT molecular complexity index is 728. The number of rotatable bonds is 7. The number of aliphatic hydroxyl groups excluding tert-OH is 1. The second-order valence-electron chi connectivity index (χ2n) is 6.56. The van der Waals surface area contributed by atoms with Gasteiger partial charge in [0.05, 0.1) is 4.90 Å². The van der Waals surface area contributed by atoms with Crippen LogP contribution in [-0.2, 0) is 21.2 Å². The van der Waals surface area contributed by atoms with Crippen molar-refractivity contribution in [3.63, 3.8) is 0 Å². The van der Waals surface area contributed by atoms with E-state index in [-0.39, 0.29) is 37.1 Å². The SMILES string of the molecule is O=C(N1CCC(Cc2ccc(S(=O)(=O)NCCCO)cc2)CC1)C(F)(F)F. The van der Waals surface area contributed by atoms with Crippen molar-refractivity contribution in [2.45, 2.75) is 36.8 Å². The zero-order chi connectivity index (χ0) is 20.1. The fourth-order valence-electron chi connectivity index (χ4n) is 3.03. The summed E-state index contributed by atoms with van der Waals surface area (Å²) in [4.78, 5) is 12.2. The van der Waals surface area contributed by atoms with E-state index in [1.54, 1.807) is 12.1 Å². The van der Waals surface area contributed by atoms with Crippen LogP contribution in [0.5, 0.6) is 0 Å². The molecule has 0 saturated carbocycles. The highest BCUT2D eigenvalue weighted by Gasteiger charge is 2.43. The van der Waals surface area contributed by atoms with E-state index in [9.17, 15) is 26.4 Å². The highest BCUT2D eigenvalue weighted by Crippen LogP contribution is 2.26. The van der Waals surface area contributed by atoms with Gasteiger partial charge in [0, 0.05) is 26.2 Å². The predicted octanol–water partition coefficient (Wildman–Crippen LogP) is 1.69. The van der Waals surface area contributed by atoms with E-state index in [1.165, 1.54) is 12.1 Å². The quantitative estimate of drug-likeness (QED) is 0.673. The summed E-state index contributed by atoms with van der Waals surface area (Å²) in [6.45, 7) is 0.194. The molecular weight excluding hydrogens is 385 g/mol. The van der Waals surface area contributed by atoms with E-state index in [1.807, 2.05) is 0 Å². The van der Waals surface area contributed by atoms with Crippen LogP contribution in [0.1, 0.15) is 24.8 Å². The maximum atomic E-state index is 12.5. The van der Waals surface area contributed by atoms with Crippen molar-refractivity contribution in [2.75, 3.05) is 26.2 Å². The first kappa shape index (κ1) is 21.6. The van der Waals surface area contributed by atoms with Crippen LogP contribution >= 0.6 is 0 Å². The van der Waals surface area contributed by atoms with Gasteiger partial charge in [-0.1, -0.05) is 12.1 Å². The highest BCUT2D eigenvalue weighted by molar-refractivity contribution is 7.89. The fraction of sp³-hybridized carbons (Fsp3) is 0.588. The van der Waals surface area contributed by atoms with Crippen molar-refractivity contribution >= 4 is 15.9 Å². The molecule has 1 aromatic carbocycles. The summed E-state index contributed by atoms with van der Waals surface area (Å²) in [7, 11) is -3.62. The van der Waals surface area contributed by atoms with Gasteiger partial charge in [0.15, 0.2) is 0 Å². The molecule has 1 fully saturated rings. The molecule has 2 rings (SSSR count). The molecule has 1 saturated heterocycles. The first-order chi connectivity index (χ1) is 12.6. The highest BCUT2D eigenvalue weighted by atomic mass is 32.2. The lowest BCUT2D eigenvalue weighted by molar-refractivity contribution is -0.186. The molecule has 0 unspecified atom stereocenters. The van der Waals surface area contributed by atoms with Crippen molar-refractivity contribution in [1.82, 2.24) is 9.62 Å². The van der Waals surface area contributed by atoms with Crippen molar-refractivity contribution < 1.29 is 31.5 Å². The second-order valence-corrected chi connectivity index (χ2v) is 8.32. The lowest BCUT2D eigenvalue weighted by Gasteiger charge is -2.32. The van der Waals surface area contributed by atoms with Crippen molar-refractivity contribution in [2.24, 2.45) is 5.92 Å². The van der Waals surface area contributed by atoms with Crippen LogP contribution in [-0.4, -0.2) is 56.7 Å². The molecule has 0 radical (unpaired) electrons. The first-order valence-corrected chi connectivity index (χ1v) is 10.2. The minimum Gasteiger partial charge on any atom is -0.396 e. The maximum absolute atomic E-state index is 12.5. The van der Waals surface area contributed by atoms with Crippen molar-refractivity contribution in [3.05, 3.63) is 29.8 Å². The summed E-state index contributed by atoms with van der Waals surface area (Å²) in [6, 6.07) is 6.35. The summed E-state index contributed by atoms with van der Waals surface area (Å²) in [5.41, 5.74) is 0.893. The Morgan fingerprint density at radius 3 is 2.30 bits per heavy atom. The third-order valence-corrected chi connectivity index (χ3v) is 6.01. The Hall–Kier alpha value is -1.65. The summed E-state index contributed by atoms with van der Waals surface area (Å²) in [6.07, 6.45) is -2.94. The minimum atomic E-state index is -4.83. The standard InChI is InChI=1S/C17H23F3N2O4S/c18-17(19,20)16(24)22-9-6-14(7-10-22)12-13-2-4-15(5-3-13)27(25,26)21-8-1-11-23/h2-5,14,21,23H,1,6-12H2. The average Bonchev–Trinajstić information content (AvgIpc) is 2.61. The number of amides is 1. The zero-order valence-electron chi connectivity index (χ0n) is 14.7. The Kier molecular flexibility index (Phi) is 7.24. The number of nitrogens with one attached hydrogen (secondary N) is 1. The number of halogens is 3.